The Labute approximate surface area is 166 Å². The maximum Gasteiger partial charge on any atom is 0.200 e. The average molecular weight is 369 g/mol. The van der Waals surface area contributed by atoms with E-state index in [1.165, 1.54) is 33.7 Å². The molecular formula is C25H25N2O+. The van der Waals surface area contributed by atoms with Crippen molar-refractivity contribution in [2.75, 3.05) is 33.1 Å². The quantitative estimate of drug-likeness (QED) is 0.623. The van der Waals surface area contributed by atoms with Crippen LogP contribution in [0, 0.1) is 0 Å². The Balaban J connectivity index is 2.04. The number of hydrogen-bond donors (Lipinski definition) is 1. The minimum absolute atomic E-state index is 0.0907. The molecule has 0 amide bonds. The van der Waals surface area contributed by atoms with E-state index >= 15 is 0 Å². The highest BCUT2D eigenvalue weighted by atomic mass is 16.3. The van der Waals surface area contributed by atoms with Gasteiger partial charge in [0.25, 0.3) is 0 Å². The summed E-state index contributed by atoms with van der Waals surface area (Å²) in [4.78, 5) is 2.12. The predicted octanol–water partition coefficient (Wildman–Crippen LogP) is 4.76. The third kappa shape index (κ3) is 2.80. The van der Waals surface area contributed by atoms with Crippen molar-refractivity contribution in [1.82, 2.24) is 0 Å². The number of allylic oxidation sites excluding steroid dienone is 5. The molecule has 2 aromatic carbocycles. The summed E-state index contributed by atoms with van der Waals surface area (Å²) in [5.41, 5.74) is 10.1. The Morgan fingerprint density at radius 3 is 2.39 bits per heavy atom. The summed E-state index contributed by atoms with van der Waals surface area (Å²) in [5.74, 6) is 0.0907. The highest BCUT2D eigenvalue weighted by molar-refractivity contribution is 6.18. The third-order valence-corrected chi connectivity index (χ3v) is 5.38. The van der Waals surface area contributed by atoms with E-state index in [0.717, 1.165) is 16.7 Å². The molecule has 4 rings (SSSR count). The molecule has 0 atom stereocenters. The van der Waals surface area contributed by atoms with Crippen LogP contribution in [0.5, 0.6) is 0 Å². The Bertz CT molecular complexity index is 1120. The van der Waals surface area contributed by atoms with Crippen molar-refractivity contribution in [3.05, 3.63) is 95.1 Å². The van der Waals surface area contributed by atoms with E-state index in [2.05, 4.69) is 86.7 Å². The smallest absolute Gasteiger partial charge is 0.200 e. The standard InChI is InChI=1S/C25H24N2O/c1-16(28)19-8-6-7-9-20(19)25-21-12-10-17(26(2)3)14-23(21)24-15-18(27(4)5)11-13-22(24)25/h6-15H,1H2,2-5H3/p+1. The van der Waals surface area contributed by atoms with Gasteiger partial charge in [0.05, 0.1) is 0 Å². The Morgan fingerprint density at radius 2 is 1.71 bits per heavy atom. The maximum absolute atomic E-state index is 10.2. The van der Waals surface area contributed by atoms with E-state index in [9.17, 15) is 5.11 Å². The SMILES string of the molecule is C=C(O)c1ccccc1C1=C2C=CC(=[N+](C)C)C=C2c2cc(N(C)C)ccc21. The van der Waals surface area contributed by atoms with Crippen molar-refractivity contribution in [3.63, 3.8) is 0 Å². The van der Waals surface area contributed by atoms with Crippen molar-refractivity contribution in [3.8, 4) is 0 Å². The normalized spacial score (nSPS) is 14.6. The van der Waals surface area contributed by atoms with Crippen LogP contribution < -0.4 is 4.90 Å². The van der Waals surface area contributed by atoms with Crippen LogP contribution >= 0.6 is 0 Å². The second kappa shape index (κ2) is 6.68. The molecule has 3 nitrogen and oxygen atoms in total. The molecule has 0 unspecified atom stereocenters. The molecule has 0 spiro atoms. The number of rotatable bonds is 3. The lowest BCUT2D eigenvalue weighted by atomic mass is 9.91. The summed E-state index contributed by atoms with van der Waals surface area (Å²) in [5, 5.41) is 10.2. The van der Waals surface area contributed by atoms with Crippen molar-refractivity contribution >= 4 is 28.3 Å². The second-order valence-electron chi connectivity index (χ2n) is 7.62. The first kappa shape index (κ1) is 18.1. The minimum Gasteiger partial charge on any atom is -0.508 e. The van der Waals surface area contributed by atoms with Crippen molar-refractivity contribution in [2.24, 2.45) is 0 Å². The Morgan fingerprint density at radius 1 is 0.964 bits per heavy atom. The lowest BCUT2D eigenvalue weighted by Crippen LogP contribution is -2.11. The molecule has 140 valence electrons. The number of benzene rings is 2. The number of fused-ring (bicyclic) bond motifs is 3. The first-order chi connectivity index (χ1) is 13.4. The van der Waals surface area contributed by atoms with Gasteiger partial charge in [0.15, 0.2) is 5.71 Å². The van der Waals surface area contributed by atoms with Crippen LogP contribution in [-0.2, 0) is 0 Å². The molecule has 2 aromatic rings. The molecule has 2 aliphatic carbocycles. The van der Waals surface area contributed by atoms with E-state index in [-0.39, 0.29) is 5.76 Å². The highest BCUT2D eigenvalue weighted by Crippen LogP contribution is 2.48. The number of nitrogens with zero attached hydrogens (tertiary/aromatic N) is 2. The lowest BCUT2D eigenvalue weighted by Gasteiger charge is -2.15. The summed E-state index contributed by atoms with van der Waals surface area (Å²) in [6.07, 6.45) is 6.58. The van der Waals surface area contributed by atoms with Crippen molar-refractivity contribution in [2.45, 2.75) is 0 Å². The zero-order valence-corrected chi connectivity index (χ0v) is 16.8. The maximum atomic E-state index is 10.2. The first-order valence-corrected chi connectivity index (χ1v) is 9.37. The van der Waals surface area contributed by atoms with Gasteiger partial charge in [-0.25, -0.2) is 4.58 Å². The largest absolute Gasteiger partial charge is 0.508 e. The van der Waals surface area contributed by atoms with Gasteiger partial charge in [-0.05, 0) is 51.6 Å². The number of aliphatic hydroxyl groups is 1. The first-order valence-electron chi connectivity index (χ1n) is 9.37. The fraction of sp³-hybridized carbons (Fsp3) is 0.160. The van der Waals surface area contributed by atoms with Crippen molar-refractivity contribution < 1.29 is 9.68 Å². The summed E-state index contributed by atoms with van der Waals surface area (Å²) in [6, 6.07) is 14.5. The van der Waals surface area contributed by atoms with E-state index in [1.54, 1.807) is 0 Å². The molecule has 0 aromatic heterocycles. The molecule has 0 aliphatic heterocycles. The molecule has 0 saturated carbocycles. The van der Waals surface area contributed by atoms with Gasteiger partial charge in [-0.2, -0.15) is 0 Å². The summed E-state index contributed by atoms with van der Waals surface area (Å²) < 4.78 is 2.12. The molecule has 0 fully saturated rings. The number of hydrogen-bond acceptors (Lipinski definition) is 2. The molecule has 0 heterocycles. The van der Waals surface area contributed by atoms with Gasteiger partial charge in [-0.1, -0.05) is 36.9 Å². The molecule has 0 saturated heterocycles. The molecule has 2 aliphatic rings. The number of anilines is 1. The molecule has 0 radical (unpaired) electrons. The zero-order valence-electron chi connectivity index (χ0n) is 16.8. The Kier molecular flexibility index (Phi) is 4.31. The van der Waals surface area contributed by atoms with Crippen LogP contribution in [-0.4, -0.2) is 43.6 Å². The van der Waals surface area contributed by atoms with E-state index in [0.29, 0.717) is 0 Å². The summed E-state index contributed by atoms with van der Waals surface area (Å²) in [7, 11) is 8.24. The Hall–Kier alpha value is -3.33. The molecule has 28 heavy (non-hydrogen) atoms. The summed E-state index contributed by atoms with van der Waals surface area (Å²) >= 11 is 0. The minimum atomic E-state index is 0.0907. The third-order valence-electron chi connectivity index (χ3n) is 5.38. The van der Waals surface area contributed by atoms with Crippen LogP contribution in [0.1, 0.15) is 22.3 Å². The molecule has 0 bridgehead atoms. The van der Waals surface area contributed by atoms with Gasteiger partial charge in [-0.3, -0.25) is 0 Å². The van der Waals surface area contributed by atoms with Crippen LogP contribution in [0.25, 0.3) is 16.9 Å². The summed E-state index contributed by atoms with van der Waals surface area (Å²) in [6.45, 7) is 3.77. The van der Waals surface area contributed by atoms with Crippen LogP contribution in [0.2, 0.25) is 0 Å². The van der Waals surface area contributed by atoms with Gasteiger partial charge >= 0.3 is 0 Å². The highest BCUT2D eigenvalue weighted by Gasteiger charge is 2.30. The van der Waals surface area contributed by atoms with Gasteiger partial charge in [-0.15, -0.1) is 0 Å². The van der Waals surface area contributed by atoms with E-state index in [1.807, 2.05) is 18.2 Å². The van der Waals surface area contributed by atoms with Crippen molar-refractivity contribution in [1.29, 1.82) is 0 Å². The molecule has 1 N–H and O–H groups in total. The second-order valence-corrected chi connectivity index (χ2v) is 7.62. The fourth-order valence-electron chi connectivity index (χ4n) is 3.89. The van der Waals surface area contributed by atoms with E-state index in [4.69, 9.17) is 0 Å². The van der Waals surface area contributed by atoms with Gasteiger partial charge < -0.3 is 10.0 Å². The van der Waals surface area contributed by atoms with E-state index < -0.39 is 0 Å². The molecule has 3 heteroatoms. The predicted molar refractivity (Wildman–Crippen MR) is 119 cm³/mol. The van der Waals surface area contributed by atoms with Crippen LogP contribution in [0.15, 0.2) is 72.8 Å². The molecular weight excluding hydrogens is 344 g/mol. The average Bonchev–Trinajstić information content (AvgIpc) is 3.00. The topological polar surface area (TPSA) is 26.5 Å². The lowest BCUT2D eigenvalue weighted by molar-refractivity contribution is -0.462. The monoisotopic (exact) mass is 369 g/mol. The van der Waals surface area contributed by atoms with Gasteiger partial charge in [0.1, 0.15) is 19.9 Å². The number of aliphatic hydroxyl groups excluding tert-OH is 1. The fourth-order valence-corrected chi connectivity index (χ4v) is 3.89. The van der Waals surface area contributed by atoms with Crippen LogP contribution in [0.4, 0.5) is 5.69 Å². The van der Waals surface area contributed by atoms with Gasteiger partial charge in [0.2, 0.25) is 0 Å². The zero-order chi connectivity index (χ0) is 20.0. The van der Waals surface area contributed by atoms with Gasteiger partial charge in [0, 0.05) is 37.5 Å². The van der Waals surface area contributed by atoms with Crippen LogP contribution in [0.3, 0.4) is 0 Å².